The molecular weight excluding hydrogens is 423 g/mol. The molecular formula is C16H27IN4OS. The van der Waals surface area contributed by atoms with Gasteiger partial charge in [0.15, 0.2) is 5.96 Å². The van der Waals surface area contributed by atoms with Crippen LogP contribution in [-0.4, -0.2) is 66.2 Å². The lowest BCUT2D eigenvalue weighted by atomic mass is 9.80. The maximum absolute atomic E-state index is 10.2. The highest BCUT2D eigenvalue weighted by Crippen LogP contribution is 2.30. The van der Waals surface area contributed by atoms with Gasteiger partial charge < -0.3 is 15.3 Å². The van der Waals surface area contributed by atoms with E-state index in [9.17, 15) is 5.11 Å². The van der Waals surface area contributed by atoms with Gasteiger partial charge in [0.2, 0.25) is 0 Å². The smallest absolute Gasteiger partial charge is 0.193 e. The number of piperazine rings is 1. The van der Waals surface area contributed by atoms with Gasteiger partial charge in [-0.1, -0.05) is 6.07 Å². The first kappa shape index (κ1) is 19.0. The highest BCUT2D eigenvalue weighted by molar-refractivity contribution is 14.0. The number of thiophene rings is 1. The van der Waals surface area contributed by atoms with Gasteiger partial charge >= 0.3 is 0 Å². The van der Waals surface area contributed by atoms with Crippen molar-refractivity contribution in [1.29, 1.82) is 0 Å². The third-order valence-electron chi connectivity index (χ3n) is 4.70. The van der Waals surface area contributed by atoms with Crippen molar-refractivity contribution in [2.75, 3.05) is 39.8 Å². The first-order chi connectivity index (χ1) is 10.7. The van der Waals surface area contributed by atoms with E-state index in [1.807, 2.05) is 18.4 Å². The minimum absolute atomic E-state index is 0. The summed E-state index contributed by atoms with van der Waals surface area (Å²) in [5, 5.41) is 15.7. The van der Waals surface area contributed by atoms with E-state index in [4.69, 9.17) is 0 Å². The molecule has 1 saturated heterocycles. The average Bonchev–Trinajstić information content (AvgIpc) is 3.00. The van der Waals surface area contributed by atoms with Crippen molar-refractivity contribution in [3.05, 3.63) is 22.4 Å². The second-order valence-electron chi connectivity index (χ2n) is 6.32. The Morgan fingerprint density at radius 1 is 1.35 bits per heavy atom. The Morgan fingerprint density at radius 2 is 2.09 bits per heavy atom. The van der Waals surface area contributed by atoms with Crippen LogP contribution in [-0.2, 0) is 6.54 Å². The number of rotatable bonds is 4. The topological polar surface area (TPSA) is 51.1 Å². The fourth-order valence-corrected chi connectivity index (χ4v) is 3.82. The second kappa shape index (κ2) is 8.64. The molecule has 0 spiro atoms. The molecule has 2 aliphatic rings. The molecule has 2 fully saturated rings. The molecule has 0 unspecified atom stereocenters. The molecule has 1 aromatic rings. The Morgan fingerprint density at radius 3 is 2.61 bits per heavy atom. The van der Waals surface area contributed by atoms with E-state index in [0.29, 0.717) is 6.54 Å². The summed E-state index contributed by atoms with van der Waals surface area (Å²) in [4.78, 5) is 10.6. The molecule has 7 heteroatoms. The largest absolute Gasteiger partial charge is 0.388 e. The zero-order chi connectivity index (χ0) is 15.4. The van der Waals surface area contributed by atoms with Crippen molar-refractivity contribution < 1.29 is 5.11 Å². The number of guanidine groups is 1. The molecule has 0 bridgehead atoms. The number of hydrogen-bond donors (Lipinski definition) is 2. The molecule has 3 rings (SSSR count). The summed E-state index contributed by atoms with van der Waals surface area (Å²) in [6, 6.07) is 4.32. The molecule has 1 aliphatic carbocycles. The molecule has 1 aliphatic heterocycles. The van der Waals surface area contributed by atoms with Crippen LogP contribution in [0.5, 0.6) is 0 Å². The van der Waals surface area contributed by atoms with E-state index in [0.717, 1.165) is 57.9 Å². The average molecular weight is 450 g/mol. The molecule has 5 nitrogen and oxygen atoms in total. The zero-order valence-corrected chi connectivity index (χ0v) is 16.8. The molecule has 0 aromatic carbocycles. The Kier molecular flexibility index (Phi) is 7.12. The van der Waals surface area contributed by atoms with Gasteiger partial charge in [0.05, 0.1) is 5.60 Å². The molecule has 130 valence electrons. The second-order valence-corrected chi connectivity index (χ2v) is 7.35. The maximum Gasteiger partial charge on any atom is 0.193 e. The van der Waals surface area contributed by atoms with E-state index in [1.165, 1.54) is 4.88 Å². The van der Waals surface area contributed by atoms with Crippen LogP contribution < -0.4 is 5.32 Å². The number of nitrogens with zero attached hydrogens (tertiary/aromatic N) is 3. The lowest BCUT2D eigenvalue weighted by molar-refractivity contribution is -0.0284. The van der Waals surface area contributed by atoms with Crippen LogP contribution in [0.15, 0.2) is 22.5 Å². The van der Waals surface area contributed by atoms with Crippen LogP contribution in [0, 0.1) is 0 Å². The minimum Gasteiger partial charge on any atom is -0.388 e. The van der Waals surface area contributed by atoms with Gasteiger partial charge in [-0.15, -0.1) is 35.3 Å². The predicted molar refractivity (Wildman–Crippen MR) is 107 cm³/mol. The van der Waals surface area contributed by atoms with E-state index in [-0.39, 0.29) is 24.0 Å². The SMILES string of the molecule is CN=C(NCC1(O)CCC1)N1CCN(Cc2cccs2)CC1.I. The van der Waals surface area contributed by atoms with Gasteiger partial charge in [-0.2, -0.15) is 0 Å². The third kappa shape index (κ3) is 5.04. The highest BCUT2D eigenvalue weighted by Gasteiger charge is 2.34. The van der Waals surface area contributed by atoms with Crippen molar-refractivity contribution in [1.82, 2.24) is 15.1 Å². The fourth-order valence-electron chi connectivity index (χ4n) is 3.08. The number of aliphatic imine (C=N–C) groups is 1. The Hall–Kier alpha value is -0.380. The molecule has 0 radical (unpaired) electrons. The fraction of sp³-hybridized carbons (Fsp3) is 0.688. The number of aliphatic hydroxyl groups is 1. The number of halogens is 1. The van der Waals surface area contributed by atoms with Gasteiger partial charge in [0.25, 0.3) is 0 Å². The monoisotopic (exact) mass is 450 g/mol. The van der Waals surface area contributed by atoms with E-state index < -0.39 is 5.60 Å². The molecule has 23 heavy (non-hydrogen) atoms. The van der Waals surface area contributed by atoms with E-state index >= 15 is 0 Å². The first-order valence-electron chi connectivity index (χ1n) is 8.11. The predicted octanol–water partition coefficient (Wildman–Crippen LogP) is 1.97. The lowest BCUT2D eigenvalue weighted by Crippen LogP contribution is -2.55. The lowest BCUT2D eigenvalue weighted by Gasteiger charge is -2.40. The summed E-state index contributed by atoms with van der Waals surface area (Å²) < 4.78 is 0. The van der Waals surface area contributed by atoms with Crippen LogP contribution in [0.1, 0.15) is 24.1 Å². The third-order valence-corrected chi connectivity index (χ3v) is 5.56. The Bertz CT molecular complexity index is 496. The summed E-state index contributed by atoms with van der Waals surface area (Å²) >= 11 is 1.83. The van der Waals surface area contributed by atoms with Crippen molar-refractivity contribution in [2.24, 2.45) is 4.99 Å². The van der Waals surface area contributed by atoms with Crippen LogP contribution in [0.2, 0.25) is 0 Å². The van der Waals surface area contributed by atoms with Gasteiger partial charge in [-0.25, -0.2) is 0 Å². The quantitative estimate of drug-likeness (QED) is 0.419. The van der Waals surface area contributed by atoms with E-state index in [2.05, 4.69) is 37.6 Å². The van der Waals surface area contributed by atoms with Crippen molar-refractivity contribution in [2.45, 2.75) is 31.4 Å². The van der Waals surface area contributed by atoms with Crippen LogP contribution >= 0.6 is 35.3 Å². The molecule has 1 saturated carbocycles. The number of nitrogens with one attached hydrogen (secondary N) is 1. The molecule has 1 aromatic heterocycles. The summed E-state index contributed by atoms with van der Waals surface area (Å²) in [5.41, 5.74) is -0.503. The van der Waals surface area contributed by atoms with Crippen molar-refractivity contribution >= 4 is 41.3 Å². The van der Waals surface area contributed by atoms with Gasteiger partial charge in [0, 0.05) is 51.2 Å². The van der Waals surface area contributed by atoms with Gasteiger partial charge in [-0.3, -0.25) is 9.89 Å². The minimum atomic E-state index is -0.503. The highest BCUT2D eigenvalue weighted by atomic mass is 127. The Balaban J connectivity index is 0.00000192. The normalized spacial score (nSPS) is 21.5. The van der Waals surface area contributed by atoms with Crippen molar-refractivity contribution in [3.8, 4) is 0 Å². The Labute approximate surface area is 159 Å². The number of hydrogen-bond acceptors (Lipinski definition) is 4. The molecule has 0 atom stereocenters. The first-order valence-corrected chi connectivity index (χ1v) is 8.99. The van der Waals surface area contributed by atoms with E-state index in [1.54, 1.807) is 0 Å². The summed E-state index contributed by atoms with van der Waals surface area (Å²) in [6.45, 7) is 5.77. The maximum atomic E-state index is 10.2. The molecule has 0 amide bonds. The summed E-state index contributed by atoms with van der Waals surface area (Å²) in [7, 11) is 1.82. The summed E-state index contributed by atoms with van der Waals surface area (Å²) in [5.74, 6) is 0.927. The van der Waals surface area contributed by atoms with Gasteiger partial charge in [0.1, 0.15) is 0 Å². The summed E-state index contributed by atoms with van der Waals surface area (Å²) in [6.07, 6.45) is 2.95. The van der Waals surface area contributed by atoms with Crippen LogP contribution in [0.3, 0.4) is 0 Å². The zero-order valence-electron chi connectivity index (χ0n) is 13.7. The van der Waals surface area contributed by atoms with Gasteiger partial charge in [-0.05, 0) is 30.7 Å². The van der Waals surface area contributed by atoms with Crippen LogP contribution in [0.25, 0.3) is 0 Å². The standard InChI is InChI=1S/C16H26N4OS.HI/c1-17-15(18-13-16(21)5-3-6-16)20-9-7-19(8-10-20)12-14-4-2-11-22-14;/h2,4,11,21H,3,5-10,12-13H2,1H3,(H,17,18);1H. The van der Waals surface area contributed by atoms with Crippen molar-refractivity contribution in [3.63, 3.8) is 0 Å². The van der Waals surface area contributed by atoms with Crippen LogP contribution in [0.4, 0.5) is 0 Å². The molecule has 2 heterocycles. The molecule has 2 N–H and O–H groups in total.